The second kappa shape index (κ2) is 8.04. The maximum absolute atomic E-state index is 12.9. The number of carbonyl (C=O) groups excluding carboxylic acids is 1. The van der Waals surface area contributed by atoms with Crippen LogP contribution in [0.25, 0.3) is 11.3 Å². The minimum atomic E-state index is -0.434. The summed E-state index contributed by atoms with van der Waals surface area (Å²) in [7, 11) is 0. The first kappa shape index (κ1) is 18.6. The molecule has 0 saturated carbocycles. The zero-order chi connectivity index (χ0) is 19.4. The Kier molecular flexibility index (Phi) is 5.55. The average molecular weight is 361 g/mol. The SMILES string of the molecule is CCc1cccc(CC)c1NC(=O)c1c(C)oc(-c2ccccc2)cc1=O. The Balaban J connectivity index is 1.98. The zero-order valence-corrected chi connectivity index (χ0v) is 15.8. The lowest BCUT2D eigenvalue weighted by molar-refractivity contribution is 0.102. The van der Waals surface area contributed by atoms with Gasteiger partial charge in [0, 0.05) is 17.3 Å². The monoisotopic (exact) mass is 361 g/mol. The minimum absolute atomic E-state index is 0.0441. The molecule has 138 valence electrons. The van der Waals surface area contributed by atoms with Crippen molar-refractivity contribution in [1.29, 1.82) is 0 Å². The van der Waals surface area contributed by atoms with E-state index < -0.39 is 5.91 Å². The Hall–Kier alpha value is -3.14. The maximum atomic E-state index is 12.9. The molecular formula is C23H23NO3. The van der Waals surface area contributed by atoms with Crippen LogP contribution in [-0.2, 0) is 12.8 Å². The predicted molar refractivity (Wildman–Crippen MR) is 108 cm³/mol. The van der Waals surface area contributed by atoms with Crippen molar-refractivity contribution in [2.45, 2.75) is 33.6 Å². The highest BCUT2D eigenvalue weighted by Crippen LogP contribution is 2.24. The van der Waals surface area contributed by atoms with E-state index in [0.29, 0.717) is 11.5 Å². The lowest BCUT2D eigenvalue weighted by Gasteiger charge is -2.15. The van der Waals surface area contributed by atoms with Crippen molar-refractivity contribution in [3.8, 4) is 11.3 Å². The van der Waals surface area contributed by atoms with Gasteiger partial charge >= 0.3 is 0 Å². The van der Waals surface area contributed by atoms with E-state index in [0.717, 1.165) is 35.2 Å². The van der Waals surface area contributed by atoms with Gasteiger partial charge in [-0.05, 0) is 30.9 Å². The maximum Gasteiger partial charge on any atom is 0.263 e. The van der Waals surface area contributed by atoms with Crippen molar-refractivity contribution in [3.05, 3.63) is 87.3 Å². The Morgan fingerprint density at radius 3 is 2.15 bits per heavy atom. The van der Waals surface area contributed by atoms with Crippen molar-refractivity contribution >= 4 is 11.6 Å². The van der Waals surface area contributed by atoms with Crippen LogP contribution in [0.5, 0.6) is 0 Å². The molecule has 0 bridgehead atoms. The van der Waals surface area contributed by atoms with Crippen molar-refractivity contribution < 1.29 is 9.21 Å². The van der Waals surface area contributed by atoms with Crippen LogP contribution in [0.4, 0.5) is 5.69 Å². The number of hydrogen-bond acceptors (Lipinski definition) is 3. The van der Waals surface area contributed by atoms with Gasteiger partial charge in [-0.15, -0.1) is 0 Å². The van der Waals surface area contributed by atoms with Crippen LogP contribution in [0.15, 0.2) is 63.8 Å². The van der Waals surface area contributed by atoms with E-state index >= 15 is 0 Å². The highest BCUT2D eigenvalue weighted by molar-refractivity contribution is 6.05. The number of nitrogens with one attached hydrogen (secondary N) is 1. The van der Waals surface area contributed by atoms with E-state index in [1.165, 1.54) is 6.07 Å². The van der Waals surface area contributed by atoms with Gasteiger partial charge in [0.15, 0.2) is 5.43 Å². The average Bonchev–Trinajstić information content (AvgIpc) is 2.68. The zero-order valence-electron chi connectivity index (χ0n) is 15.8. The van der Waals surface area contributed by atoms with Gasteiger partial charge in [0.1, 0.15) is 17.1 Å². The molecule has 0 fully saturated rings. The van der Waals surface area contributed by atoms with E-state index in [9.17, 15) is 9.59 Å². The summed E-state index contributed by atoms with van der Waals surface area (Å²) >= 11 is 0. The molecule has 0 radical (unpaired) electrons. The molecule has 2 aromatic carbocycles. The van der Waals surface area contributed by atoms with Gasteiger partial charge < -0.3 is 9.73 Å². The smallest absolute Gasteiger partial charge is 0.263 e. The van der Waals surface area contributed by atoms with Crippen LogP contribution in [0.2, 0.25) is 0 Å². The summed E-state index contributed by atoms with van der Waals surface area (Å²) in [6, 6.07) is 16.7. The van der Waals surface area contributed by atoms with Crippen molar-refractivity contribution in [2.75, 3.05) is 5.32 Å². The molecule has 1 amide bonds. The summed E-state index contributed by atoms with van der Waals surface area (Å²) in [5.74, 6) is 0.334. The third-order valence-electron chi connectivity index (χ3n) is 4.65. The third kappa shape index (κ3) is 3.85. The van der Waals surface area contributed by atoms with Gasteiger partial charge in [-0.1, -0.05) is 62.4 Å². The van der Waals surface area contributed by atoms with Gasteiger partial charge in [0.2, 0.25) is 0 Å². The summed E-state index contributed by atoms with van der Waals surface area (Å²) in [4.78, 5) is 25.5. The summed E-state index contributed by atoms with van der Waals surface area (Å²) in [5.41, 5.74) is 3.38. The van der Waals surface area contributed by atoms with E-state index in [1.54, 1.807) is 6.92 Å². The number of amides is 1. The number of hydrogen-bond donors (Lipinski definition) is 1. The highest BCUT2D eigenvalue weighted by Gasteiger charge is 2.19. The van der Waals surface area contributed by atoms with Gasteiger partial charge in [-0.2, -0.15) is 0 Å². The quantitative estimate of drug-likeness (QED) is 0.696. The molecular weight excluding hydrogens is 338 g/mol. The van der Waals surface area contributed by atoms with Crippen molar-refractivity contribution in [2.24, 2.45) is 0 Å². The van der Waals surface area contributed by atoms with E-state index in [2.05, 4.69) is 5.32 Å². The van der Waals surface area contributed by atoms with E-state index in [1.807, 2.05) is 62.4 Å². The Labute approximate surface area is 158 Å². The summed E-state index contributed by atoms with van der Waals surface area (Å²) in [6.07, 6.45) is 1.59. The molecule has 0 aliphatic rings. The largest absolute Gasteiger partial charge is 0.460 e. The first-order valence-electron chi connectivity index (χ1n) is 9.17. The molecule has 0 saturated heterocycles. The number of rotatable bonds is 5. The first-order chi connectivity index (χ1) is 13.0. The second-order valence-corrected chi connectivity index (χ2v) is 6.38. The molecule has 4 heteroatoms. The number of para-hydroxylation sites is 1. The van der Waals surface area contributed by atoms with Crippen LogP contribution in [0, 0.1) is 6.92 Å². The lowest BCUT2D eigenvalue weighted by atomic mass is 10.0. The van der Waals surface area contributed by atoms with E-state index in [4.69, 9.17) is 4.42 Å². The second-order valence-electron chi connectivity index (χ2n) is 6.38. The first-order valence-corrected chi connectivity index (χ1v) is 9.17. The van der Waals surface area contributed by atoms with Crippen molar-refractivity contribution in [3.63, 3.8) is 0 Å². The normalized spacial score (nSPS) is 10.6. The molecule has 1 aromatic heterocycles. The Bertz CT molecular complexity index is 997. The molecule has 3 aromatic rings. The Morgan fingerprint density at radius 1 is 0.963 bits per heavy atom. The molecule has 3 rings (SSSR count). The minimum Gasteiger partial charge on any atom is -0.460 e. The molecule has 0 aliphatic carbocycles. The van der Waals surface area contributed by atoms with Crippen LogP contribution in [0.1, 0.15) is 41.1 Å². The number of carbonyl (C=O) groups is 1. The molecule has 0 unspecified atom stereocenters. The fourth-order valence-electron chi connectivity index (χ4n) is 3.21. The summed E-state index contributed by atoms with van der Waals surface area (Å²) in [5, 5.41) is 2.94. The summed E-state index contributed by atoms with van der Waals surface area (Å²) < 4.78 is 5.79. The van der Waals surface area contributed by atoms with Crippen LogP contribution < -0.4 is 10.7 Å². The van der Waals surface area contributed by atoms with Crippen molar-refractivity contribution in [1.82, 2.24) is 0 Å². The van der Waals surface area contributed by atoms with E-state index in [-0.39, 0.29) is 11.0 Å². The standard InChI is InChI=1S/C23H23NO3/c1-4-16-12-9-13-17(5-2)22(16)24-23(26)21-15(3)27-20(14-19(21)25)18-10-7-6-8-11-18/h6-14H,4-5H2,1-3H3,(H,24,26). The number of anilines is 1. The molecule has 0 aliphatic heterocycles. The number of benzene rings is 2. The van der Waals surface area contributed by atoms with Crippen LogP contribution >= 0.6 is 0 Å². The fourth-order valence-corrected chi connectivity index (χ4v) is 3.21. The van der Waals surface area contributed by atoms with Gasteiger partial charge in [-0.3, -0.25) is 9.59 Å². The lowest BCUT2D eigenvalue weighted by Crippen LogP contribution is -2.23. The fraction of sp³-hybridized carbons (Fsp3) is 0.217. The van der Waals surface area contributed by atoms with Gasteiger partial charge in [-0.25, -0.2) is 0 Å². The molecule has 1 heterocycles. The predicted octanol–water partition coefficient (Wildman–Crippen LogP) is 4.99. The van der Waals surface area contributed by atoms with Crippen LogP contribution in [0.3, 0.4) is 0 Å². The topological polar surface area (TPSA) is 59.3 Å². The Morgan fingerprint density at radius 2 is 1.59 bits per heavy atom. The number of aryl methyl sites for hydroxylation is 3. The molecule has 0 spiro atoms. The third-order valence-corrected chi connectivity index (χ3v) is 4.65. The van der Waals surface area contributed by atoms with Gasteiger partial charge in [0.05, 0.1) is 0 Å². The molecule has 4 nitrogen and oxygen atoms in total. The highest BCUT2D eigenvalue weighted by atomic mass is 16.3. The summed E-state index contributed by atoms with van der Waals surface area (Å²) in [6.45, 7) is 5.73. The molecule has 0 atom stereocenters. The molecule has 27 heavy (non-hydrogen) atoms. The van der Waals surface area contributed by atoms with Gasteiger partial charge in [0.25, 0.3) is 5.91 Å². The molecule has 1 N–H and O–H groups in total. The van der Waals surface area contributed by atoms with Crippen LogP contribution in [-0.4, -0.2) is 5.91 Å².